The number of hydrogen-bond acceptors (Lipinski definition) is 4. The Bertz CT molecular complexity index is 886. The Kier molecular flexibility index (Phi) is 3.75. The molecule has 0 spiro atoms. The molecule has 2 aromatic rings. The predicted molar refractivity (Wildman–Crippen MR) is 101 cm³/mol. The Hall–Kier alpha value is -2.82. The average Bonchev–Trinajstić information content (AvgIpc) is 3.46. The molecule has 2 aromatic carbocycles. The molecule has 5 nitrogen and oxygen atoms in total. The molecule has 0 saturated heterocycles. The molecule has 0 aromatic heterocycles. The number of nitrogens with two attached hydrogens (primary N) is 1. The second kappa shape index (κ2) is 5.87. The molecule has 1 fully saturated rings. The van der Waals surface area contributed by atoms with Crippen LogP contribution in [0.3, 0.4) is 0 Å². The third-order valence-electron chi connectivity index (χ3n) is 5.58. The first kappa shape index (κ1) is 16.6. The molecule has 26 heavy (non-hydrogen) atoms. The van der Waals surface area contributed by atoms with Crippen LogP contribution in [0.15, 0.2) is 53.5 Å². The molecule has 2 aliphatic rings. The highest BCUT2D eigenvalue weighted by Gasteiger charge is 2.47. The maximum atomic E-state index is 13.1. The summed E-state index contributed by atoms with van der Waals surface area (Å²) in [4.78, 5) is 19.2. The van der Waals surface area contributed by atoms with Crippen LogP contribution in [0.5, 0.6) is 5.75 Å². The van der Waals surface area contributed by atoms with Gasteiger partial charge in [-0.25, -0.2) is 4.99 Å². The van der Waals surface area contributed by atoms with Crippen LogP contribution in [-0.2, 0) is 10.3 Å². The number of benzene rings is 2. The minimum atomic E-state index is -0.881. The van der Waals surface area contributed by atoms with Gasteiger partial charge in [0.1, 0.15) is 11.3 Å². The summed E-state index contributed by atoms with van der Waals surface area (Å²) in [6, 6.07) is 15.2. The van der Waals surface area contributed by atoms with Crippen LogP contribution < -0.4 is 5.73 Å². The lowest BCUT2D eigenvalue weighted by molar-refractivity contribution is -0.130. The lowest BCUT2D eigenvalue weighted by atomic mass is 9.74. The molecule has 0 radical (unpaired) electrons. The van der Waals surface area contributed by atoms with E-state index < -0.39 is 11.5 Å². The van der Waals surface area contributed by atoms with Crippen LogP contribution in [0.25, 0.3) is 0 Å². The van der Waals surface area contributed by atoms with Crippen molar-refractivity contribution in [3.8, 4) is 5.75 Å². The fourth-order valence-corrected chi connectivity index (χ4v) is 3.82. The maximum Gasteiger partial charge on any atom is 0.239 e. The molecule has 3 N–H and O–H groups in total. The van der Waals surface area contributed by atoms with Gasteiger partial charge in [0, 0.05) is 7.05 Å². The van der Waals surface area contributed by atoms with Crippen LogP contribution in [0.2, 0.25) is 0 Å². The van der Waals surface area contributed by atoms with E-state index in [0.29, 0.717) is 5.92 Å². The number of nitrogens with zero attached hydrogens (tertiary/aromatic N) is 2. The third-order valence-corrected chi connectivity index (χ3v) is 5.58. The highest BCUT2D eigenvalue weighted by molar-refractivity contribution is 6.02. The van der Waals surface area contributed by atoms with Crippen molar-refractivity contribution in [2.75, 3.05) is 7.05 Å². The van der Waals surface area contributed by atoms with Gasteiger partial charge >= 0.3 is 0 Å². The maximum absolute atomic E-state index is 13.1. The van der Waals surface area contributed by atoms with E-state index in [1.54, 1.807) is 25.2 Å². The van der Waals surface area contributed by atoms with Gasteiger partial charge in [-0.05, 0) is 54.5 Å². The number of aromatic hydroxyl groups is 1. The number of aliphatic imine (C=N–C) groups is 1. The lowest BCUT2D eigenvalue weighted by Gasteiger charge is -2.41. The number of amides is 1. The minimum absolute atomic E-state index is 0.0949. The van der Waals surface area contributed by atoms with Gasteiger partial charge in [-0.1, -0.05) is 36.4 Å². The van der Waals surface area contributed by atoms with Gasteiger partial charge in [-0.2, -0.15) is 0 Å². The van der Waals surface area contributed by atoms with E-state index >= 15 is 0 Å². The highest BCUT2D eigenvalue weighted by atomic mass is 16.3. The molecule has 0 bridgehead atoms. The van der Waals surface area contributed by atoms with Crippen molar-refractivity contribution >= 4 is 11.9 Å². The number of guanidine groups is 1. The molecule has 1 amide bonds. The van der Waals surface area contributed by atoms with Crippen molar-refractivity contribution in [3.63, 3.8) is 0 Å². The molecule has 1 aliphatic heterocycles. The van der Waals surface area contributed by atoms with E-state index in [4.69, 9.17) is 5.73 Å². The Balaban J connectivity index is 1.84. The smallest absolute Gasteiger partial charge is 0.239 e. The van der Waals surface area contributed by atoms with Crippen LogP contribution in [0.4, 0.5) is 0 Å². The Morgan fingerprint density at radius 3 is 2.42 bits per heavy atom. The van der Waals surface area contributed by atoms with Crippen LogP contribution in [0, 0.1) is 0 Å². The number of rotatable bonds is 3. The van der Waals surface area contributed by atoms with Crippen molar-refractivity contribution in [3.05, 3.63) is 65.2 Å². The SMILES string of the molecule is CN1C(=O)[C@H](c2ccc(C3CC3)cc2)[C@@](C)(c2cccc(O)c2)N=C1N. The summed E-state index contributed by atoms with van der Waals surface area (Å²) >= 11 is 0. The molecule has 2 atom stereocenters. The van der Waals surface area contributed by atoms with Gasteiger partial charge in [0.2, 0.25) is 5.91 Å². The monoisotopic (exact) mass is 349 g/mol. The normalized spacial score (nSPS) is 25.9. The fourth-order valence-electron chi connectivity index (χ4n) is 3.82. The van der Waals surface area contributed by atoms with Gasteiger partial charge < -0.3 is 10.8 Å². The topological polar surface area (TPSA) is 78.9 Å². The first-order valence-electron chi connectivity index (χ1n) is 8.92. The number of phenols is 1. The van der Waals surface area contributed by atoms with Gasteiger partial charge in [-0.3, -0.25) is 9.69 Å². The summed E-state index contributed by atoms with van der Waals surface area (Å²) in [5.41, 5.74) is 8.14. The van der Waals surface area contributed by atoms with Crippen LogP contribution in [0.1, 0.15) is 48.3 Å². The molecule has 1 aliphatic carbocycles. The molecule has 1 heterocycles. The summed E-state index contributed by atoms with van der Waals surface area (Å²) in [5.74, 6) is 0.399. The molecular formula is C21H23N3O2. The van der Waals surface area contributed by atoms with E-state index in [2.05, 4.69) is 17.1 Å². The van der Waals surface area contributed by atoms with Crippen molar-refractivity contribution in [1.29, 1.82) is 0 Å². The number of likely N-dealkylation sites (N-methyl/N-ethyl adjacent to an activating group) is 1. The lowest BCUT2D eigenvalue weighted by Crippen LogP contribution is -2.52. The van der Waals surface area contributed by atoms with Gasteiger partial charge in [0.25, 0.3) is 0 Å². The summed E-state index contributed by atoms with van der Waals surface area (Å²) in [6.07, 6.45) is 2.48. The van der Waals surface area contributed by atoms with E-state index in [1.165, 1.54) is 23.3 Å². The van der Waals surface area contributed by atoms with Gasteiger partial charge in [0.05, 0.1) is 5.92 Å². The number of carbonyl (C=O) groups is 1. The van der Waals surface area contributed by atoms with Crippen LogP contribution in [-0.4, -0.2) is 28.9 Å². The highest BCUT2D eigenvalue weighted by Crippen LogP contribution is 2.45. The Morgan fingerprint density at radius 1 is 1.15 bits per heavy atom. The quantitative estimate of drug-likeness (QED) is 0.894. The Morgan fingerprint density at radius 2 is 1.81 bits per heavy atom. The molecular weight excluding hydrogens is 326 g/mol. The zero-order valence-corrected chi connectivity index (χ0v) is 15.0. The van der Waals surface area contributed by atoms with Crippen molar-refractivity contribution in [2.24, 2.45) is 10.7 Å². The zero-order chi connectivity index (χ0) is 18.5. The molecule has 134 valence electrons. The van der Waals surface area contributed by atoms with Crippen molar-refractivity contribution in [2.45, 2.75) is 37.1 Å². The number of carbonyl (C=O) groups excluding carboxylic acids is 1. The van der Waals surface area contributed by atoms with Crippen molar-refractivity contribution in [1.82, 2.24) is 4.90 Å². The van der Waals surface area contributed by atoms with Crippen LogP contribution >= 0.6 is 0 Å². The predicted octanol–water partition coefficient (Wildman–Crippen LogP) is 3.06. The number of phenolic OH excluding ortho intramolecular Hbond substituents is 1. The zero-order valence-electron chi connectivity index (χ0n) is 15.0. The van der Waals surface area contributed by atoms with E-state index in [9.17, 15) is 9.90 Å². The molecule has 1 saturated carbocycles. The molecule has 5 heteroatoms. The summed E-state index contributed by atoms with van der Waals surface area (Å²) in [5, 5.41) is 9.93. The second-order valence-corrected chi connectivity index (χ2v) is 7.44. The average molecular weight is 349 g/mol. The van der Waals surface area contributed by atoms with E-state index in [0.717, 1.165) is 11.1 Å². The number of hydrogen-bond donors (Lipinski definition) is 2. The molecule has 4 rings (SSSR count). The second-order valence-electron chi connectivity index (χ2n) is 7.44. The largest absolute Gasteiger partial charge is 0.508 e. The summed E-state index contributed by atoms with van der Waals surface area (Å²) in [7, 11) is 1.65. The first-order valence-corrected chi connectivity index (χ1v) is 8.92. The fraction of sp³-hybridized carbons (Fsp3) is 0.333. The van der Waals surface area contributed by atoms with E-state index in [-0.39, 0.29) is 17.6 Å². The van der Waals surface area contributed by atoms with Gasteiger partial charge in [-0.15, -0.1) is 0 Å². The summed E-state index contributed by atoms with van der Waals surface area (Å²) < 4.78 is 0. The third kappa shape index (κ3) is 2.64. The first-order chi connectivity index (χ1) is 12.4. The van der Waals surface area contributed by atoms with E-state index in [1.807, 2.05) is 25.1 Å². The standard InChI is InChI=1S/C21H23N3O2/c1-21(16-4-3-5-17(25)12-16)18(19(26)24(2)20(22)23-21)15-10-8-14(9-11-15)13-6-7-13/h3-5,8-13,18,25H,6-7H2,1-2H3,(H2,22,23)/t18-,21+/m0/s1. The summed E-state index contributed by atoms with van der Waals surface area (Å²) in [6.45, 7) is 1.90. The van der Waals surface area contributed by atoms with Gasteiger partial charge in [0.15, 0.2) is 5.96 Å². The minimum Gasteiger partial charge on any atom is -0.508 e. The Labute approximate surface area is 153 Å². The molecule has 0 unspecified atom stereocenters. The van der Waals surface area contributed by atoms with Crippen molar-refractivity contribution < 1.29 is 9.90 Å².